The van der Waals surface area contributed by atoms with Crippen LogP contribution in [0.4, 0.5) is 5.69 Å². The smallest absolute Gasteiger partial charge is 0.257 e. The third-order valence-electron chi connectivity index (χ3n) is 4.27. The quantitative estimate of drug-likeness (QED) is 0.722. The number of amides is 2. The highest BCUT2D eigenvalue weighted by Crippen LogP contribution is 2.14. The SMILES string of the molecule is CC1CC(NC(=O)c2cccc(NC(=O)c3cccnc3)c2)CCN1.Cl.Cl. The highest BCUT2D eigenvalue weighted by Gasteiger charge is 2.20. The molecule has 1 saturated heterocycles. The first-order chi connectivity index (χ1) is 12.1. The molecule has 2 aromatic rings. The maximum absolute atomic E-state index is 12.5. The molecule has 0 spiro atoms. The number of rotatable bonds is 4. The van der Waals surface area contributed by atoms with E-state index < -0.39 is 0 Å². The van der Waals surface area contributed by atoms with E-state index in [-0.39, 0.29) is 42.7 Å². The molecule has 146 valence electrons. The van der Waals surface area contributed by atoms with Crippen molar-refractivity contribution in [1.82, 2.24) is 15.6 Å². The van der Waals surface area contributed by atoms with Crippen LogP contribution in [-0.2, 0) is 0 Å². The highest BCUT2D eigenvalue weighted by molar-refractivity contribution is 6.04. The molecule has 8 heteroatoms. The van der Waals surface area contributed by atoms with Crippen LogP contribution in [0.25, 0.3) is 0 Å². The first-order valence-corrected chi connectivity index (χ1v) is 8.47. The molecule has 27 heavy (non-hydrogen) atoms. The van der Waals surface area contributed by atoms with Crippen LogP contribution in [0.5, 0.6) is 0 Å². The number of aromatic nitrogens is 1. The van der Waals surface area contributed by atoms with Crippen molar-refractivity contribution in [1.29, 1.82) is 0 Å². The second-order valence-corrected chi connectivity index (χ2v) is 6.33. The summed E-state index contributed by atoms with van der Waals surface area (Å²) in [6.07, 6.45) is 4.96. The van der Waals surface area contributed by atoms with Crippen LogP contribution < -0.4 is 16.0 Å². The summed E-state index contributed by atoms with van der Waals surface area (Å²) >= 11 is 0. The number of benzene rings is 1. The molecular formula is C19H24Cl2N4O2. The summed E-state index contributed by atoms with van der Waals surface area (Å²) in [6, 6.07) is 10.9. The lowest BCUT2D eigenvalue weighted by Crippen LogP contribution is -2.46. The van der Waals surface area contributed by atoms with E-state index in [1.807, 2.05) is 0 Å². The number of nitrogens with zero attached hydrogens (tertiary/aromatic N) is 1. The Hall–Kier alpha value is -2.15. The molecule has 2 unspecified atom stereocenters. The van der Waals surface area contributed by atoms with Gasteiger partial charge in [0.25, 0.3) is 11.8 Å². The molecule has 1 aromatic carbocycles. The zero-order valence-corrected chi connectivity index (χ0v) is 16.6. The van der Waals surface area contributed by atoms with Crippen LogP contribution in [0.15, 0.2) is 48.8 Å². The Labute approximate surface area is 171 Å². The van der Waals surface area contributed by atoms with E-state index in [2.05, 4.69) is 27.9 Å². The van der Waals surface area contributed by atoms with Gasteiger partial charge in [-0.05, 0) is 56.6 Å². The minimum absolute atomic E-state index is 0. The fraction of sp³-hybridized carbons (Fsp3) is 0.316. The first-order valence-electron chi connectivity index (χ1n) is 8.47. The molecule has 3 N–H and O–H groups in total. The van der Waals surface area contributed by atoms with Gasteiger partial charge in [0.2, 0.25) is 0 Å². The first kappa shape index (κ1) is 22.9. The van der Waals surface area contributed by atoms with Gasteiger partial charge in [0.05, 0.1) is 5.56 Å². The molecule has 1 aliphatic heterocycles. The van der Waals surface area contributed by atoms with E-state index in [4.69, 9.17) is 0 Å². The number of hydrogen-bond acceptors (Lipinski definition) is 4. The maximum atomic E-state index is 12.5. The third-order valence-corrected chi connectivity index (χ3v) is 4.27. The zero-order chi connectivity index (χ0) is 17.6. The van der Waals surface area contributed by atoms with Crippen LogP contribution in [0, 0.1) is 0 Å². The van der Waals surface area contributed by atoms with Gasteiger partial charge in [0.15, 0.2) is 0 Å². The van der Waals surface area contributed by atoms with Gasteiger partial charge in [0, 0.05) is 35.7 Å². The summed E-state index contributed by atoms with van der Waals surface area (Å²) in [6.45, 7) is 3.03. The molecule has 0 radical (unpaired) electrons. The van der Waals surface area contributed by atoms with Gasteiger partial charge in [0.1, 0.15) is 0 Å². The van der Waals surface area contributed by atoms with E-state index in [0.29, 0.717) is 22.9 Å². The van der Waals surface area contributed by atoms with Crippen molar-refractivity contribution in [2.24, 2.45) is 0 Å². The Morgan fingerprint density at radius 3 is 2.59 bits per heavy atom. The lowest BCUT2D eigenvalue weighted by molar-refractivity contribution is 0.0924. The van der Waals surface area contributed by atoms with Crippen molar-refractivity contribution in [2.75, 3.05) is 11.9 Å². The molecule has 0 aliphatic carbocycles. The fourth-order valence-corrected chi connectivity index (χ4v) is 2.97. The molecule has 0 saturated carbocycles. The van der Waals surface area contributed by atoms with Gasteiger partial charge in [-0.1, -0.05) is 6.07 Å². The van der Waals surface area contributed by atoms with Crippen LogP contribution in [-0.4, -0.2) is 35.4 Å². The second kappa shape index (κ2) is 10.9. The molecule has 3 rings (SSSR count). The highest BCUT2D eigenvalue weighted by atomic mass is 35.5. The van der Waals surface area contributed by atoms with Crippen molar-refractivity contribution in [3.8, 4) is 0 Å². The standard InChI is InChI=1S/C19H22N4O2.2ClH/c1-13-10-17(7-9-21-13)23-18(24)14-4-2-6-16(11-14)22-19(25)15-5-3-8-20-12-15;;/h2-6,8,11-13,17,21H,7,9-10H2,1H3,(H,22,25)(H,23,24);2*1H. The van der Waals surface area contributed by atoms with Gasteiger partial charge in [-0.25, -0.2) is 0 Å². The monoisotopic (exact) mass is 410 g/mol. The van der Waals surface area contributed by atoms with Crippen molar-refractivity contribution in [3.05, 3.63) is 59.9 Å². The van der Waals surface area contributed by atoms with Gasteiger partial charge >= 0.3 is 0 Å². The van der Waals surface area contributed by atoms with Crippen LogP contribution >= 0.6 is 24.8 Å². The van der Waals surface area contributed by atoms with E-state index in [0.717, 1.165) is 19.4 Å². The summed E-state index contributed by atoms with van der Waals surface area (Å²) in [4.78, 5) is 28.6. The van der Waals surface area contributed by atoms with Crippen molar-refractivity contribution in [2.45, 2.75) is 31.8 Å². The zero-order valence-electron chi connectivity index (χ0n) is 15.0. The molecular weight excluding hydrogens is 387 g/mol. The molecule has 6 nitrogen and oxygen atoms in total. The molecule has 0 bridgehead atoms. The van der Waals surface area contributed by atoms with E-state index in [9.17, 15) is 9.59 Å². The van der Waals surface area contributed by atoms with Crippen molar-refractivity contribution < 1.29 is 9.59 Å². The largest absolute Gasteiger partial charge is 0.349 e. The average Bonchev–Trinajstić information content (AvgIpc) is 2.62. The molecule has 2 atom stereocenters. The van der Waals surface area contributed by atoms with E-state index in [1.165, 1.54) is 6.20 Å². The Kier molecular flexibility index (Phi) is 9.21. The number of nitrogens with one attached hydrogen (secondary N) is 3. The molecule has 1 fully saturated rings. The predicted molar refractivity (Wildman–Crippen MR) is 111 cm³/mol. The predicted octanol–water partition coefficient (Wildman–Crippen LogP) is 3.05. The number of pyridine rings is 1. The van der Waals surface area contributed by atoms with Crippen molar-refractivity contribution in [3.63, 3.8) is 0 Å². The summed E-state index contributed by atoms with van der Waals surface area (Å²) in [7, 11) is 0. The summed E-state index contributed by atoms with van der Waals surface area (Å²) < 4.78 is 0. The Bertz CT molecular complexity index is 758. The lowest BCUT2D eigenvalue weighted by atomic mass is 10.00. The average molecular weight is 411 g/mol. The van der Waals surface area contributed by atoms with Crippen LogP contribution in [0.2, 0.25) is 0 Å². The molecule has 2 heterocycles. The number of carbonyl (C=O) groups excluding carboxylic acids is 2. The Balaban J connectivity index is 0.00000182. The molecule has 1 aromatic heterocycles. The molecule has 2 amide bonds. The summed E-state index contributed by atoms with van der Waals surface area (Å²) in [5, 5.41) is 9.24. The molecule has 1 aliphatic rings. The maximum Gasteiger partial charge on any atom is 0.257 e. The van der Waals surface area contributed by atoms with Gasteiger partial charge in [-0.15, -0.1) is 24.8 Å². The Morgan fingerprint density at radius 1 is 1.11 bits per heavy atom. The number of carbonyl (C=O) groups is 2. The number of halogens is 2. The van der Waals surface area contributed by atoms with Gasteiger partial charge in [-0.2, -0.15) is 0 Å². The van der Waals surface area contributed by atoms with Gasteiger partial charge < -0.3 is 16.0 Å². The Morgan fingerprint density at radius 2 is 1.89 bits per heavy atom. The third kappa shape index (κ3) is 6.50. The summed E-state index contributed by atoms with van der Waals surface area (Å²) in [5.41, 5.74) is 1.59. The van der Waals surface area contributed by atoms with E-state index >= 15 is 0 Å². The number of piperidine rings is 1. The normalized spacial score (nSPS) is 18.4. The number of hydrogen-bond donors (Lipinski definition) is 3. The van der Waals surface area contributed by atoms with E-state index in [1.54, 1.807) is 42.6 Å². The number of anilines is 1. The van der Waals surface area contributed by atoms with Crippen LogP contribution in [0.3, 0.4) is 0 Å². The fourth-order valence-electron chi connectivity index (χ4n) is 2.97. The second-order valence-electron chi connectivity index (χ2n) is 6.33. The lowest BCUT2D eigenvalue weighted by Gasteiger charge is -2.28. The summed E-state index contributed by atoms with van der Waals surface area (Å²) in [5.74, 6) is -0.366. The van der Waals surface area contributed by atoms with Crippen molar-refractivity contribution >= 4 is 42.3 Å². The van der Waals surface area contributed by atoms with Gasteiger partial charge in [-0.3, -0.25) is 14.6 Å². The minimum atomic E-state index is -0.252. The minimum Gasteiger partial charge on any atom is -0.349 e. The van der Waals surface area contributed by atoms with Crippen LogP contribution in [0.1, 0.15) is 40.5 Å². The topological polar surface area (TPSA) is 83.1 Å².